The number of hydrogen-bond acceptors (Lipinski definition) is 3. The number of carbonyl (C=O) groups is 2. The van der Waals surface area contributed by atoms with Crippen LogP contribution in [0.5, 0.6) is 0 Å². The third-order valence-electron chi connectivity index (χ3n) is 7.05. The molecule has 3 fully saturated rings. The summed E-state index contributed by atoms with van der Waals surface area (Å²) < 4.78 is 0. The molecule has 1 aromatic carbocycles. The van der Waals surface area contributed by atoms with Gasteiger partial charge in [0.25, 0.3) is 0 Å². The molecule has 0 atom stereocenters. The highest BCUT2D eigenvalue weighted by Crippen LogP contribution is 2.58. The maximum Gasteiger partial charge on any atom is 0.236 e. The molecular formula is C22H30N2O2. The number of likely N-dealkylation sites (tertiary alicyclic amines) is 1. The number of carbonyl (C=O) groups excluding carboxylic acids is 2. The van der Waals surface area contributed by atoms with Gasteiger partial charge in [-0.25, -0.2) is 0 Å². The van der Waals surface area contributed by atoms with Crippen LogP contribution in [0, 0.1) is 10.8 Å². The number of ketones is 1. The second kappa shape index (κ2) is 6.49. The van der Waals surface area contributed by atoms with E-state index in [9.17, 15) is 9.59 Å². The fraction of sp³-hybridized carbons (Fsp3) is 0.636. The predicted molar refractivity (Wildman–Crippen MR) is 102 cm³/mol. The maximum absolute atomic E-state index is 13.3. The lowest BCUT2D eigenvalue weighted by Gasteiger charge is -2.49. The quantitative estimate of drug-likeness (QED) is 0.779. The molecule has 0 bridgehead atoms. The Bertz CT molecular complexity index is 687. The molecule has 2 aliphatic carbocycles. The maximum atomic E-state index is 13.3. The van der Waals surface area contributed by atoms with Crippen LogP contribution in [0.4, 0.5) is 0 Å². The molecule has 3 aliphatic rings. The number of hydrogen-bond donors (Lipinski definition) is 0. The first-order valence-electron chi connectivity index (χ1n) is 10.1. The zero-order valence-corrected chi connectivity index (χ0v) is 16.0. The van der Waals surface area contributed by atoms with Crippen molar-refractivity contribution in [1.82, 2.24) is 9.80 Å². The van der Waals surface area contributed by atoms with E-state index >= 15 is 0 Å². The lowest BCUT2D eigenvalue weighted by atomic mass is 9.63. The molecule has 0 aromatic heterocycles. The van der Waals surface area contributed by atoms with Crippen LogP contribution < -0.4 is 0 Å². The molecule has 0 unspecified atom stereocenters. The molecule has 4 rings (SSSR count). The Morgan fingerprint density at radius 2 is 1.73 bits per heavy atom. The molecular weight excluding hydrogens is 324 g/mol. The second-order valence-electron chi connectivity index (χ2n) is 8.64. The molecule has 0 N–H and O–H groups in total. The normalized spacial score (nSPS) is 30.4. The van der Waals surface area contributed by atoms with E-state index in [0.717, 1.165) is 51.6 Å². The van der Waals surface area contributed by atoms with Gasteiger partial charge in [-0.15, -0.1) is 0 Å². The van der Waals surface area contributed by atoms with Gasteiger partial charge >= 0.3 is 0 Å². The third-order valence-corrected chi connectivity index (χ3v) is 7.05. The van der Waals surface area contributed by atoms with Gasteiger partial charge in [-0.3, -0.25) is 14.5 Å². The first kappa shape index (κ1) is 17.7. The van der Waals surface area contributed by atoms with Crippen LogP contribution in [-0.2, 0) is 16.1 Å². The first-order chi connectivity index (χ1) is 12.5. The Labute approximate surface area is 156 Å². The molecule has 4 nitrogen and oxygen atoms in total. The van der Waals surface area contributed by atoms with Gasteiger partial charge in [-0.05, 0) is 58.1 Å². The summed E-state index contributed by atoms with van der Waals surface area (Å²) in [5.74, 6) is 0.391. The number of rotatable bonds is 4. The largest absolute Gasteiger partial charge is 0.341 e. The van der Waals surface area contributed by atoms with Crippen molar-refractivity contribution in [2.75, 3.05) is 20.1 Å². The Morgan fingerprint density at radius 3 is 2.31 bits per heavy atom. The summed E-state index contributed by atoms with van der Waals surface area (Å²) in [7, 11) is 2.20. The molecule has 1 amide bonds. The van der Waals surface area contributed by atoms with E-state index in [-0.39, 0.29) is 17.1 Å². The average molecular weight is 354 g/mol. The second-order valence-corrected chi connectivity index (χ2v) is 8.64. The van der Waals surface area contributed by atoms with Crippen molar-refractivity contribution in [1.29, 1.82) is 0 Å². The van der Waals surface area contributed by atoms with Gasteiger partial charge in [0.05, 0.1) is 0 Å². The lowest BCUT2D eigenvalue weighted by Crippen LogP contribution is -2.60. The van der Waals surface area contributed by atoms with Crippen molar-refractivity contribution in [3.8, 4) is 0 Å². The van der Waals surface area contributed by atoms with Crippen LogP contribution in [0.3, 0.4) is 0 Å². The van der Waals surface area contributed by atoms with E-state index in [1.165, 1.54) is 5.56 Å². The van der Waals surface area contributed by atoms with E-state index in [1.807, 2.05) is 11.8 Å². The standard InChI is InChI=1S/C22H30N2O2/c1-3-24-16-21(19(25)22(13-14-22)20(24)26)11-9-18(10-12-21)23(2)15-17-7-5-4-6-8-17/h4-8,18H,3,9-16H2,1-2H3/t18-,21+. The minimum atomic E-state index is -0.628. The molecule has 1 aliphatic heterocycles. The molecule has 0 radical (unpaired) electrons. The van der Waals surface area contributed by atoms with Crippen LogP contribution in [0.25, 0.3) is 0 Å². The van der Waals surface area contributed by atoms with Crippen molar-refractivity contribution in [2.45, 2.75) is 58.0 Å². The Balaban J connectivity index is 1.44. The molecule has 140 valence electrons. The highest BCUT2D eigenvalue weighted by molar-refractivity contribution is 6.13. The number of amides is 1. The van der Waals surface area contributed by atoms with E-state index < -0.39 is 5.41 Å². The molecule has 1 heterocycles. The van der Waals surface area contributed by atoms with E-state index in [2.05, 4.69) is 42.3 Å². The minimum Gasteiger partial charge on any atom is -0.341 e. The number of piperidine rings is 1. The van der Waals surface area contributed by atoms with Crippen LogP contribution in [-0.4, -0.2) is 47.7 Å². The van der Waals surface area contributed by atoms with Gasteiger partial charge in [0, 0.05) is 31.1 Å². The summed E-state index contributed by atoms with van der Waals surface area (Å²) in [6.45, 7) is 4.37. The Kier molecular flexibility index (Phi) is 4.42. The van der Waals surface area contributed by atoms with Gasteiger partial charge in [-0.2, -0.15) is 0 Å². The van der Waals surface area contributed by atoms with Gasteiger partial charge in [0.15, 0.2) is 5.78 Å². The third kappa shape index (κ3) is 2.79. The number of Topliss-reactive ketones (excluding diaryl/α,β-unsaturated/α-hetero) is 1. The van der Waals surface area contributed by atoms with Gasteiger partial charge in [0.1, 0.15) is 5.41 Å². The molecule has 1 saturated heterocycles. The fourth-order valence-electron chi connectivity index (χ4n) is 5.22. The Morgan fingerprint density at radius 1 is 1.08 bits per heavy atom. The van der Waals surface area contributed by atoms with Crippen molar-refractivity contribution < 1.29 is 9.59 Å². The summed E-state index contributed by atoms with van der Waals surface area (Å²) >= 11 is 0. The Hall–Kier alpha value is -1.68. The summed E-state index contributed by atoms with van der Waals surface area (Å²) in [6.07, 6.45) is 5.52. The molecule has 26 heavy (non-hydrogen) atoms. The van der Waals surface area contributed by atoms with Crippen LogP contribution in [0.15, 0.2) is 30.3 Å². The summed E-state index contributed by atoms with van der Waals surface area (Å²) in [4.78, 5) is 30.3. The molecule has 1 aromatic rings. The van der Waals surface area contributed by atoms with Gasteiger partial charge in [0.2, 0.25) is 5.91 Å². The smallest absolute Gasteiger partial charge is 0.236 e. The average Bonchev–Trinajstić information content (AvgIpc) is 3.47. The highest BCUT2D eigenvalue weighted by Gasteiger charge is 2.66. The van der Waals surface area contributed by atoms with Gasteiger partial charge in [-0.1, -0.05) is 30.3 Å². The molecule has 4 heteroatoms. The summed E-state index contributed by atoms with van der Waals surface area (Å²) in [5, 5.41) is 0. The molecule has 2 spiro atoms. The van der Waals surface area contributed by atoms with E-state index in [4.69, 9.17) is 0 Å². The van der Waals surface area contributed by atoms with E-state index in [1.54, 1.807) is 0 Å². The monoisotopic (exact) mass is 354 g/mol. The topological polar surface area (TPSA) is 40.6 Å². The summed E-state index contributed by atoms with van der Waals surface area (Å²) in [5.41, 5.74) is 0.436. The number of benzene rings is 1. The lowest BCUT2D eigenvalue weighted by molar-refractivity contribution is -0.159. The number of nitrogens with zero attached hydrogens (tertiary/aromatic N) is 2. The van der Waals surface area contributed by atoms with Crippen molar-refractivity contribution in [3.05, 3.63) is 35.9 Å². The van der Waals surface area contributed by atoms with Crippen LogP contribution >= 0.6 is 0 Å². The minimum absolute atomic E-state index is 0.110. The SMILES string of the molecule is CCN1C[C@]2(CC[C@H](N(C)Cc3ccccc3)CC2)C(=O)C2(CC2)C1=O. The fourth-order valence-corrected chi connectivity index (χ4v) is 5.22. The van der Waals surface area contributed by atoms with Crippen molar-refractivity contribution >= 4 is 11.7 Å². The van der Waals surface area contributed by atoms with Crippen molar-refractivity contribution in [2.24, 2.45) is 10.8 Å². The highest BCUT2D eigenvalue weighted by atomic mass is 16.2. The zero-order chi connectivity index (χ0) is 18.4. The zero-order valence-electron chi connectivity index (χ0n) is 16.0. The van der Waals surface area contributed by atoms with Crippen LogP contribution in [0.1, 0.15) is 51.0 Å². The first-order valence-corrected chi connectivity index (χ1v) is 10.1. The van der Waals surface area contributed by atoms with Crippen LogP contribution in [0.2, 0.25) is 0 Å². The predicted octanol–water partition coefficient (Wildman–Crippen LogP) is 3.26. The molecule has 2 saturated carbocycles. The van der Waals surface area contributed by atoms with E-state index in [0.29, 0.717) is 12.6 Å². The summed E-state index contributed by atoms with van der Waals surface area (Å²) in [6, 6.07) is 11.1. The van der Waals surface area contributed by atoms with Gasteiger partial charge < -0.3 is 4.90 Å². The van der Waals surface area contributed by atoms with Crippen molar-refractivity contribution in [3.63, 3.8) is 0 Å².